The van der Waals surface area contributed by atoms with E-state index in [0.29, 0.717) is 44.9 Å². The first-order valence-electron chi connectivity index (χ1n) is 12.4. The molecule has 1 amide bonds. The van der Waals surface area contributed by atoms with Gasteiger partial charge < -0.3 is 14.8 Å². The molecule has 10 heteroatoms. The lowest BCUT2D eigenvalue weighted by Crippen LogP contribution is -2.23. The Morgan fingerprint density at radius 1 is 1.10 bits per heavy atom. The number of aromatic nitrogens is 2. The number of carbonyl (C=O) groups excluding carboxylic acids is 1. The lowest BCUT2D eigenvalue weighted by molar-refractivity contribution is -0.118. The molecule has 0 saturated carbocycles. The number of para-hydroxylation sites is 1. The van der Waals surface area contributed by atoms with E-state index < -0.39 is 0 Å². The van der Waals surface area contributed by atoms with Gasteiger partial charge in [0.25, 0.3) is 11.5 Å². The maximum Gasteiger partial charge on any atom is 0.282 e. The molecule has 39 heavy (non-hydrogen) atoms. The first-order chi connectivity index (χ1) is 18.7. The van der Waals surface area contributed by atoms with E-state index in [1.807, 2.05) is 64.1 Å². The summed E-state index contributed by atoms with van der Waals surface area (Å²) >= 11 is 6.98. The molecule has 0 fully saturated rings. The van der Waals surface area contributed by atoms with Crippen LogP contribution >= 0.6 is 31.9 Å². The number of hydrogen-bond acceptors (Lipinski definition) is 6. The van der Waals surface area contributed by atoms with Gasteiger partial charge in [-0.1, -0.05) is 48.0 Å². The van der Waals surface area contributed by atoms with Crippen molar-refractivity contribution in [1.82, 2.24) is 9.66 Å². The smallest absolute Gasteiger partial charge is 0.282 e. The number of rotatable bonds is 9. The summed E-state index contributed by atoms with van der Waals surface area (Å²) in [4.78, 5) is 30.5. The van der Waals surface area contributed by atoms with Crippen molar-refractivity contribution >= 4 is 60.6 Å². The number of nitrogens with one attached hydrogen (secondary N) is 1. The Hall–Kier alpha value is -3.50. The predicted octanol–water partition coefficient (Wildman–Crippen LogP) is 6.65. The highest BCUT2D eigenvalue weighted by Gasteiger charge is 2.16. The largest absolute Gasteiger partial charge is 0.490 e. The van der Waals surface area contributed by atoms with Crippen LogP contribution in [-0.4, -0.2) is 35.0 Å². The number of anilines is 1. The average molecular weight is 656 g/mol. The van der Waals surface area contributed by atoms with Gasteiger partial charge in [-0.15, -0.1) is 0 Å². The summed E-state index contributed by atoms with van der Waals surface area (Å²) in [5.41, 5.74) is 2.70. The van der Waals surface area contributed by atoms with Crippen LogP contribution in [0.25, 0.3) is 10.9 Å². The summed E-state index contributed by atoms with van der Waals surface area (Å²) in [6.45, 7) is 7.90. The maximum atomic E-state index is 13.3. The maximum absolute atomic E-state index is 13.3. The molecule has 0 aliphatic heterocycles. The van der Waals surface area contributed by atoms with E-state index in [2.05, 4.69) is 47.3 Å². The molecule has 0 aliphatic carbocycles. The summed E-state index contributed by atoms with van der Waals surface area (Å²) in [6.07, 6.45) is 1.57. The molecule has 0 bridgehead atoms. The van der Waals surface area contributed by atoms with Crippen molar-refractivity contribution in [1.29, 1.82) is 0 Å². The average Bonchev–Trinajstić information content (AvgIpc) is 2.90. The molecule has 202 valence electrons. The van der Waals surface area contributed by atoms with Gasteiger partial charge in [-0.25, -0.2) is 4.98 Å². The van der Waals surface area contributed by atoms with E-state index >= 15 is 0 Å². The highest BCUT2D eigenvalue weighted by Crippen LogP contribution is 2.33. The number of fused-ring (bicyclic) bond motifs is 1. The van der Waals surface area contributed by atoms with Crippen LogP contribution in [0.1, 0.15) is 43.6 Å². The Labute approximate surface area is 243 Å². The fraction of sp³-hybridized carbons (Fsp3) is 0.241. The van der Waals surface area contributed by atoms with E-state index in [1.165, 1.54) is 4.68 Å². The third-order valence-corrected chi connectivity index (χ3v) is 6.98. The first-order valence-corrected chi connectivity index (χ1v) is 14.0. The van der Waals surface area contributed by atoms with Gasteiger partial charge in [0.2, 0.25) is 0 Å². The molecule has 1 N–H and O–H groups in total. The van der Waals surface area contributed by atoms with Gasteiger partial charge in [-0.05, 0) is 71.7 Å². The molecule has 0 radical (unpaired) electrons. The highest BCUT2D eigenvalue weighted by molar-refractivity contribution is 9.10. The summed E-state index contributed by atoms with van der Waals surface area (Å²) in [6, 6.07) is 16.4. The zero-order chi connectivity index (χ0) is 28.1. The van der Waals surface area contributed by atoms with Crippen molar-refractivity contribution in [2.24, 2.45) is 5.10 Å². The second kappa shape index (κ2) is 12.6. The van der Waals surface area contributed by atoms with Crippen LogP contribution < -0.4 is 20.3 Å². The van der Waals surface area contributed by atoms with Gasteiger partial charge >= 0.3 is 0 Å². The van der Waals surface area contributed by atoms with Crippen LogP contribution in [0.2, 0.25) is 0 Å². The Kier molecular flexibility index (Phi) is 9.19. The third kappa shape index (κ3) is 6.75. The summed E-state index contributed by atoms with van der Waals surface area (Å²) in [7, 11) is 0. The fourth-order valence-corrected chi connectivity index (χ4v) is 4.63. The second-order valence-corrected chi connectivity index (χ2v) is 10.8. The molecule has 0 aliphatic rings. The van der Waals surface area contributed by atoms with Crippen LogP contribution in [0.3, 0.4) is 0 Å². The minimum absolute atomic E-state index is 0.0353. The van der Waals surface area contributed by atoms with Crippen LogP contribution in [0.4, 0.5) is 5.69 Å². The van der Waals surface area contributed by atoms with E-state index in [-0.39, 0.29) is 24.0 Å². The number of carbonyl (C=O) groups is 1. The minimum atomic E-state index is -0.287. The molecule has 1 aromatic heterocycles. The predicted molar refractivity (Wildman–Crippen MR) is 161 cm³/mol. The number of aryl methyl sites for hydroxylation is 1. The third-order valence-electron chi connectivity index (χ3n) is 5.80. The number of hydrogen-bond donors (Lipinski definition) is 1. The zero-order valence-electron chi connectivity index (χ0n) is 22.0. The zero-order valence-corrected chi connectivity index (χ0v) is 25.2. The Bertz CT molecular complexity index is 1620. The highest BCUT2D eigenvalue weighted by atomic mass is 79.9. The van der Waals surface area contributed by atoms with Crippen molar-refractivity contribution in [3.05, 3.63) is 90.8 Å². The molecule has 3 aromatic carbocycles. The molecule has 4 aromatic rings. The van der Waals surface area contributed by atoms with Gasteiger partial charge in [0.1, 0.15) is 5.82 Å². The monoisotopic (exact) mass is 654 g/mol. The van der Waals surface area contributed by atoms with Crippen LogP contribution in [0, 0.1) is 6.92 Å². The number of amides is 1. The van der Waals surface area contributed by atoms with E-state index in [0.717, 1.165) is 15.7 Å². The van der Waals surface area contributed by atoms with Crippen LogP contribution in [-0.2, 0) is 4.79 Å². The molecular formula is C29H28Br2N4O4. The topological polar surface area (TPSA) is 94.8 Å². The standard InChI is InChI=1S/C29H28Br2N4O4/c1-5-38-25-12-19(22(31)14-26(25)39-16-27(36)33-23-9-7-6-8-18(23)4)15-32-35-28(17(2)3)34-24-11-10-20(30)13-21(24)29(35)37/h6-15,17H,5,16H2,1-4H3,(H,33,36). The lowest BCUT2D eigenvalue weighted by atomic mass is 10.2. The number of nitrogens with zero attached hydrogens (tertiary/aromatic N) is 3. The van der Waals surface area contributed by atoms with Crippen molar-refractivity contribution in [2.45, 2.75) is 33.6 Å². The van der Waals surface area contributed by atoms with Crippen LogP contribution in [0.5, 0.6) is 11.5 Å². The fourth-order valence-electron chi connectivity index (χ4n) is 3.84. The lowest BCUT2D eigenvalue weighted by Gasteiger charge is -2.15. The summed E-state index contributed by atoms with van der Waals surface area (Å²) in [5, 5.41) is 7.83. The molecule has 0 saturated heterocycles. The first kappa shape index (κ1) is 28.5. The Morgan fingerprint density at radius 2 is 1.85 bits per heavy atom. The van der Waals surface area contributed by atoms with Crippen molar-refractivity contribution in [2.75, 3.05) is 18.5 Å². The Balaban J connectivity index is 1.62. The molecule has 4 rings (SSSR count). The Morgan fingerprint density at radius 3 is 2.56 bits per heavy atom. The summed E-state index contributed by atoms with van der Waals surface area (Å²) < 4.78 is 14.4. The normalized spacial score (nSPS) is 11.4. The second-order valence-electron chi connectivity index (χ2n) is 9.05. The van der Waals surface area contributed by atoms with Crippen molar-refractivity contribution in [3.63, 3.8) is 0 Å². The van der Waals surface area contributed by atoms with Gasteiger partial charge in [-0.3, -0.25) is 9.59 Å². The summed E-state index contributed by atoms with van der Waals surface area (Å²) in [5.74, 6) is 1.07. The van der Waals surface area contributed by atoms with E-state index in [4.69, 9.17) is 9.47 Å². The molecule has 0 unspecified atom stereocenters. The molecule has 0 spiro atoms. The SMILES string of the molecule is CCOc1cc(C=Nn2c(C(C)C)nc3ccc(Br)cc3c2=O)c(Br)cc1OCC(=O)Nc1ccccc1C. The molecule has 8 nitrogen and oxygen atoms in total. The minimum Gasteiger partial charge on any atom is -0.490 e. The van der Waals surface area contributed by atoms with E-state index in [1.54, 1.807) is 24.4 Å². The molecule has 0 atom stereocenters. The number of halogens is 2. The molecular weight excluding hydrogens is 628 g/mol. The van der Waals surface area contributed by atoms with Crippen molar-refractivity contribution in [3.8, 4) is 11.5 Å². The molecule has 1 heterocycles. The number of ether oxygens (including phenoxy) is 2. The van der Waals surface area contributed by atoms with Gasteiger partial charge in [0.05, 0.1) is 23.7 Å². The van der Waals surface area contributed by atoms with Gasteiger partial charge in [-0.2, -0.15) is 9.78 Å². The van der Waals surface area contributed by atoms with Gasteiger partial charge in [0, 0.05) is 26.1 Å². The van der Waals surface area contributed by atoms with E-state index in [9.17, 15) is 9.59 Å². The van der Waals surface area contributed by atoms with Crippen LogP contribution in [0.15, 0.2) is 73.4 Å². The van der Waals surface area contributed by atoms with Crippen molar-refractivity contribution < 1.29 is 14.3 Å². The quantitative estimate of drug-likeness (QED) is 0.204. The van der Waals surface area contributed by atoms with Gasteiger partial charge in [0.15, 0.2) is 18.1 Å². The number of benzene rings is 3.